The van der Waals surface area contributed by atoms with E-state index < -0.39 is 0 Å². The van der Waals surface area contributed by atoms with Gasteiger partial charge in [-0.3, -0.25) is 4.83 Å². The van der Waals surface area contributed by atoms with Crippen LogP contribution in [0.3, 0.4) is 0 Å². The Morgan fingerprint density at radius 2 is 2.06 bits per heavy atom. The van der Waals surface area contributed by atoms with Crippen LogP contribution in [0.5, 0.6) is 11.5 Å². The van der Waals surface area contributed by atoms with E-state index in [9.17, 15) is 0 Å². The molecule has 0 aliphatic carbocycles. The monoisotopic (exact) mass is 235 g/mol. The Bertz CT molecular complexity index is 581. The van der Waals surface area contributed by atoms with Crippen molar-refractivity contribution < 1.29 is 9.47 Å². The third kappa shape index (κ3) is 1.05. The van der Waals surface area contributed by atoms with Gasteiger partial charge in [-0.15, -0.1) is 0 Å². The van der Waals surface area contributed by atoms with Crippen LogP contribution in [0.1, 0.15) is 5.82 Å². The van der Waals surface area contributed by atoms with Gasteiger partial charge in [-0.25, -0.2) is 9.66 Å². The highest BCUT2D eigenvalue weighted by molar-refractivity contribution is 7.99. The Hall–Kier alpha value is -1.56. The molecule has 2 aliphatic heterocycles. The maximum Gasteiger partial charge on any atom is 0.163 e. The van der Waals surface area contributed by atoms with Gasteiger partial charge >= 0.3 is 0 Å². The number of fused-ring (bicyclic) bond motifs is 4. The molecule has 0 bridgehead atoms. The van der Waals surface area contributed by atoms with E-state index in [1.54, 1.807) is 11.9 Å². The molecule has 0 saturated heterocycles. The highest BCUT2D eigenvalue weighted by Gasteiger charge is 2.20. The minimum absolute atomic E-state index is 0.611. The first-order chi connectivity index (χ1) is 7.92. The van der Waals surface area contributed by atoms with Crippen LogP contribution in [-0.2, 0) is 5.75 Å². The molecule has 3 heterocycles. The number of nitrogens with zero attached hydrogens (tertiary/aromatic N) is 2. The van der Waals surface area contributed by atoms with Crippen molar-refractivity contribution in [2.75, 3.05) is 18.0 Å². The van der Waals surface area contributed by atoms with Gasteiger partial charge in [-0.1, -0.05) is 0 Å². The molecule has 0 unspecified atom stereocenters. The SMILES string of the molecule is c1c2c(cc3c1nc1n3NSC1)OCCO2. The lowest BCUT2D eigenvalue weighted by molar-refractivity contribution is 0.172. The molecule has 0 spiro atoms. The van der Waals surface area contributed by atoms with E-state index in [4.69, 9.17) is 9.47 Å². The average molecular weight is 235 g/mol. The molecule has 1 aromatic heterocycles. The Balaban J connectivity index is 2.01. The third-order valence-corrected chi connectivity index (χ3v) is 3.46. The molecule has 2 aliphatic rings. The van der Waals surface area contributed by atoms with Crippen LogP contribution in [0.25, 0.3) is 11.0 Å². The molecule has 82 valence electrons. The fourth-order valence-corrected chi connectivity index (χ4v) is 2.74. The third-order valence-electron chi connectivity index (χ3n) is 2.75. The molecule has 0 atom stereocenters. The maximum atomic E-state index is 5.56. The van der Waals surface area contributed by atoms with Crippen LogP contribution in [0.2, 0.25) is 0 Å². The van der Waals surface area contributed by atoms with E-state index in [2.05, 4.69) is 9.82 Å². The summed E-state index contributed by atoms with van der Waals surface area (Å²) < 4.78 is 13.1. The van der Waals surface area contributed by atoms with Crippen LogP contribution in [0.4, 0.5) is 0 Å². The zero-order chi connectivity index (χ0) is 10.5. The Morgan fingerprint density at radius 1 is 1.25 bits per heavy atom. The highest BCUT2D eigenvalue weighted by Crippen LogP contribution is 2.36. The lowest BCUT2D eigenvalue weighted by Crippen LogP contribution is -2.15. The van der Waals surface area contributed by atoms with Crippen LogP contribution < -0.4 is 14.3 Å². The van der Waals surface area contributed by atoms with Crippen molar-refractivity contribution >= 4 is 23.0 Å². The molecule has 16 heavy (non-hydrogen) atoms. The van der Waals surface area contributed by atoms with Crippen molar-refractivity contribution in [3.05, 3.63) is 18.0 Å². The van der Waals surface area contributed by atoms with E-state index in [-0.39, 0.29) is 0 Å². The van der Waals surface area contributed by atoms with Gasteiger partial charge in [0, 0.05) is 12.1 Å². The molecule has 6 heteroatoms. The highest BCUT2D eigenvalue weighted by atomic mass is 32.2. The summed E-state index contributed by atoms with van der Waals surface area (Å²) in [6.45, 7) is 1.22. The standard InChI is InChI=1S/C10H9N3O2S/c1-2-15-9-4-7-6(3-8(9)14-1)11-10-5-16-12-13(7)10/h3-4,12H,1-2,5H2. The molecule has 0 radical (unpaired) electrons. The second-order valence-corrected chi connectivity index (χ2v) is 4.49. The van der Waals surface area contributed by atoms with Gasteiger partial charge in [-0.2, -0.15) is 0 Å². The van der Waals surface area contributed by atoms with Crippen LogP contribution in [0, 0.1) is 0 Å². The quantitative estimate of drug-likeness (QED) is 0.701. The second-order valence-electron chi connectivity index (χ2n) is 3.73. The molecule has 1 aromatic carbocycles. The Morgan fingerprint density at radius 3 is 2.94 bits per heavy atom. The first-order valence-corrected chi connectivity index (χ1v) is 6.09. The fourth-order valence-electron chi connectivity index (χ4n) is 2.02. The topological polar surface area (TPSA) is 48.3 Å². The second kappa shape index (κ2) is 2.98. The predicted octanol–water partition coefficient (Wildman–Crippen LogP) is 1.51. The summed E-state index contributed by atoms with van der Waals surface area (Å²) in [7, 11) is 0. The molecular formula is C10H9N3O2S. The van der Waals surface area contributed by atoms with Crippen molar-refractivity contribution in [1.82, 2.24) is 9.66 Å². The minimum Gasteiger partial charge on any atom is -0.486 e. The summed E-state index contributed by atoms with van der Waals surface area (Å²) in [6, 6.07) is 3.93. The molecule has 4 rings (SSSR count). The number of nitrogens with one attached hydrogen (secondary N) is 1. The Labute approximate surface area is 95.8 Å². The molecule has 2 aromatic rings. The summed E-state index contributed by atoms with van der Waals surface area (Å²) in [5.41, 5.74) is 2.00. The van der Waals surface area contributed by atoms with Gasteiger partial charge in [0.05, 0.1) is 16.8 Å². The van der Waals surface area contributed by atoms with Crippen molar-refractivity contribution in [2.45, 2.75) is 5.75 Å². The number of hydrogen-bond acceptors (Lipinski definition) is 5. The number of aromatic nitrogens is 2. The normalized spacial score (nSPS) is 17.2. The Kier molecular flexibility index (Phi) is 1.59. The van der Waals surface area contributed by atoms with Gasteiger partial charge in [0.15, 0.2) is 11.5 Å². The van der Waals surface area contributed by atoms with Crippen molar-refractivity contribution in [3.63, 3.8) is 0 Å². The molecular weight excluding hydrogens is 226 g/mol. The summed E-state index contributed by atoms with van der Waals surface area (Å²) in [5, 5.41) is 0. The number of imidazole rings is 1. The zero-order valence-corrected chi connectivity index (χ0v) is 9.21. The first-order valence-electron chi connectivity index (χ1n) is 5.10. The summed E-state index contributed by atoms with van der Waals surface area (Å²) in [5.74, 6) is 3.53. The van der Waals surface area contributed by atoms with E-state index in [1.807, 2.05) is 16.8 Å². The predicted molar refractivity (Wildman–Crippen MR) is 61.4 cm³/mol. The number of hydrogen-bond donors (Lipinski definition) is 1. The smallest absolute Gasteiger partial charge is 0.163 e. The molecule has 1 N–H and O–H groups in total. The average Bonchev–Trinajstić information content (AvgIpc) is 2.86. The van der Waals surface area contributed by atoms with Crippen molar-refractivity contribution in [2.24, 2.45) is 0 Å². The van der Waals surface area contributed by atoms with Gasteiger partial charge < -0.3 is 9.47 Å². The van der Waals surface area contributed by atoms with Gasteiger partial charge in [-0.05, 0) is 11.9 Å². The van der Waals surface area contributed by atoms with E-state index in [0.717, 1.165) is 34.1 Å². The first kappa shape index (κ1) is 8.58. The fraction of sp³-hybridized carbons (Fsp3) is 0.300. The van der Waals surface area contributed by atoms with E-state index >= 15 is 0 Å². The van der Waals surface area contributed by atoms with Crippen molar-refractivity contribution in [3.8, 4) is 11.5 Å². The lowest BCUT2D eigenvalue weighted by atomic mass is 10.2. The molecule has 0 amide bonds. The summed E-state index contributed by atoms with van der Waals surface area (Å²) >= 11 is 1.64. The van der Waals surface area contributed by atoms with E-state index in [0.29, 0.717) is 13.2 Å². The zero-order valence-electron chi connectivity index (χ0n) is 8.40. The lowest BCUT2D eigenvalue weighted by Gasteiger charge is -2.18. The molecule has 0 saturated carbocycles. The number of ether oxygens (including phenoxy) is 2. The van der Waals surface area contributed by atoms with Gasteiger partial charge in [0.1, 0.15) is 19.0 Å². The van der Waals surface area contributed by atoms with Gasteiger partial charge in [0.25, 0.3) is 0 Å². The molecule has 5 nitrogen and oxygen atoms in total. The van der Waals surface area contributed by atoms with Crippen LogP contribution in [0.15, 0.2) is 12.1 Å². The summed E-state index contributed by atoms with van der Waals surface area (Å²) in [4.78, 5) is 7.75. The van der Waals surface area contributed by atoms with Crippen molar-refractivity contribution in [1.29, 1.82) is 0 Å². The van der Waals surface area contributed by atoms with Gasteiger partial charge in [0.2, 0.25) is 0 Å². The minimum atomic E-state index is 0.611. The molecule has 0 fully saturated rings. The largest absolute Gasteiger partial charge is 0.486 e. The number of benzene rings is 1. The maximum absolute atomic E-state index is 5.56. The van der Waals surface area contributed by atoms with Crippen LogP contribution >= 0.6 is 11.9 Å². The van der Waals surface area contributed by atoms with Crippen LogP contribution in [-0.4, -0.2) is 22.9 Å². The van der Waals surface area contributed by atoms with E-state index in [1.165, 1.54) is 0 Å². The summed E-state index contributed by atoms with van der Waals surface area (Å²) in [6.07, 6.45) is 0. The number of rotatable bonds is 0.